The smallest absolute Gasteiger partial charge is 0.262 e. The fraction of sp³-hybridized carbons (Fsp3) is 0.167. The number of imide groups is 1. The van der Waals surface area contributed by atoms with Gasteiger partial charge >= 0.3 is 0 Å². The minimum atomic E-state index is -0.760. The van der Waals surface area contributed by atoms with Gasteiger partial charge in [-0.25, -0.2) is 0 Å². The van der Waals surface area contributed by atoms with Crippen LogP contribution in [0.3, 0.4) is 0 Å². The summed E-state index contributed by atoms with van der Waals surface area (Å²) in [7, 11) is 0. The van der Waals surface area contributed by atoms with Crippen LogP contribution in [-0.4, -0.2) is 44.4 Å². The van der Waals surface area contributed by atoms with Gasteiger partial charge < -0.3 is 15.1 Å². The van der Waals surface area contributed by atoms with Gasteiger partial charge in [0.25, 0.3) is 11.8 Å². The van der Waals surface area contributed by atoms with Gasteiger partial charge in [-0.2, -0.15) is 0 Å². The molecule has 6 nitrogen and oxygen atoms in total. The third kappa shape index (κ3) is 2.69. The standard InChI is InChI=1S/C24H21N3O3/c1-2-14(28)13-27-23(29)21(17-11-25-19-9-5-3-7-15(17)19)22(24(27)30)18-12-26-20-10-6-4-8-16(18)20/h3-12,14,25-26,28H,2,13H2,1H3. The Morgan fingerprint density at radius 3 is 1.77 bits per heavy atom. The predicted molar refractivity (Wildman–Crippen MR) is 116 cm³/mol. The van der Waals surface area contributed by atoms with Crippen LogP contribution in [0, 0.1) is 0 Å². The number of aliphatic hydroxyl groups is 1. The summed E-state index contributed by atoms with van der Waals surface area (Å²) in [6.07, 6.45) is 3.26. The topological polar surface area (TPSA) is 89.2 Å². The summed E-state index contributed by atoms with van der Waals surface area (Å²) in [5.41, 5.74) is 3.91. The first kappa shape index (κ1) is 18.4. The lowest BCUT2D eigenvalue weighted by Crippen LogP contribution is -2.37. The van der Waals surface area contributed by atoms with Crippen molar-refractivity contribution >= 4 is 44.8 Å². The molecule has 1 atom stereocenters. The molecule has 1 aliphatic heterocycles. The van der Waals surface area contributed by atoms with E-state index < -0.39 is 6.10 Å². The molecule has 0 fully saturated rings. The number of carbonyl (C=O) groups excluding carboxylic acids is 2. The second-order valence-electron chi connectivity index (χ2n) is 7.53. The Bertz CT molecular complexity index is 1230. The quantitative estimate of drug-likeness (QED) is 0.447. The third-order valence-corrected chi connectivity index (χ3v) is 5.75. The molecule has 150 valence electrons. The van der Waals surface area contributed by atoms with Crippen molar-refractivity contribution in [3.63, 3.8) is 0 Å². The number of hydrogen-bond acceptors (Lipinski definition) is 3. The molecule has 0 bridgehead atoms. The van der Waals surface area contributed by atoms with E-state index in [0.29, 0.717) is 28.7 Å². The molecule has 4 aromatic rings. The fourth-order valence-corrected chi connectivity index (χ4v) is 4.14. The van der Waals surface area contributed by atoms with Crippen molar-refractivity contribution in [3.05, 3.63) is 72.1 Å². The van der Waals surface area contributed by atoms with E-state index in [2.05, 4.69) is 9.97 Å². The molecular formula is C24H21N3O3. The summed E-state index contributed by atoms with van der Waals surface area (Å²) in [5, 5.41) is 11.9. The number of amides is 2. The average molecular weight is 399 g/mol. The number of benzene rings is 2. The molecule has 1 aliphatic rings. The van der Waals surface area contributed by atoms with Crippen LogP contribution in [0.25, 0.3) is 33.0 Å². The predicted octanol–water partition coefficient (Wildman–Crippen LogP) is 3.70. The highest BCUT2D eigenvalue weighted by Crippen LogP contribution is 2.40. The Balaban J connectivity index is 1.76. The number of nitrogens with zero attached hydrogens (tertiary/aromatic N) is 1. The molecule has 3 heterocycles. The molecule has 1 unspecified atom stereocenters. The second kappa shape index (κ2) is 7.00. The first-order valence-corrected chi connectivity index (χ1v) is 10.0. The van der Waals surface area contributed by atoms with Crippen molar-refractivity contribution in [2.45, 2.75) is 19.4 Å². The number of rotatable bonds is 5. The third-order valence-electron chi connectivity index (χ3n) is 5.75. The van der Waals surface area contributed by atoms with E-state index in [0.717, 1.165) is 21.8 Å². The maximum atomic E-state index is 13.5. The summed E-state index contributed by atoms with van der Waals surface area (Å²) < 4.78 is 0. The van der Waals surface area contributed by atoms with Crippen LogP contribution < -0.4 is 0 Å². The number of aromatic amines is 2. The molecule has 2 aromatic heterocycles. The van der Waals surface area contributed by atoms with Crippen molar-refractivity contribution in [1.29, 1.82) is 0 Å². The lowest BCUT2D eigenvalue weighted by atomic mass is 9.95. The highest BCUT2D eigenvalue weighted by atomic mass is 16.3. The molecular weight excluding hydrogens is 378 g/mol. The Hall–Kier alpha value is -3.64. The fourth-order valence-electron chi connectivity index (χ4n) is 4.14. The number of fused-ring (bicyclic) bond motifs is 2. The van der Waals surface area contributed by atoms with Crippen LogP contribution in [-0.2, 0) is 9.59 Å². The van der Waals surface area contributed by atoms with Gasteiger partial charge in [-0.05, 0) is 18.6 Å². The molecule has 0 saturated carbocycles. The molecule has 0 saturated heterocycles. The van der Waals surface area contributed by atoms with E-state index in [1.807, 2.05) is 55.5 Å². The molecule has 2 aromatic carbocycles. The summed E-state index contributed by atoms with van der Waals surface area (Å²) in [6, 6.07) is 15.4. The molecule has 5 rings (SSSR count). The number of para-hydroxylation sites is 2. The largest absolute Gasteiger partial charge is 0.391 e. The Morgan fingerprint density at radius 1 is 0.833 bits per heavy atom. The number of β-amino-alcohol motifs (C(OH)–C–C–N with tert-alkyl or cyclic N) is 1. The molecule has 2 amide bonds. The van der Waals surface area contributed by atoms with Gasteiger partial charge in [-0.1, -0.05) is 43.3 Å². The van der Waals surface area contributed by atoms with Crippen molar-refractivity contribution < 1.29 is 14.7 Å². The van der Waals surface area contributed by atoms with Gasteiger partial charge in [-0.3, -0.25) is 14.5 Å². The molecule has 6 heteroatoms. The van der Waals surface area contributed by atoms with E-state index in [1.54, 1.807) is 12.4 Å². The molecule has 0 aliphatic carbocycles. The summed E-state index contributed by atoms with van der Waals surface area (Å²) >= 11 is 0. The number of nitrogens with one attached hydrogen (secondary N) is 2. The minimum absolute atomic E-state index is 0.0219. The van der Waals surface area contributed by atoms with Crippen molar-refractivity contribution in [3.8, 4) is 0 Å². The zero-order valence-electron chi connectivity index (χ0n) is 16.5. The number of hydrogen-bond donors (Lipinski definition) is 3. The van der Waals surface area contributed by atoms with E-state index >= 15 is 0 Å². The lowest BCUT2D eigenvalue weighted by molar-refractivity contribution is -0.137. The number of aliphatic hydroxyl groups excluding tert-OH is 1. The van der Waals surface area contributed by atoms with Gasteiger partial charge in [0, 0.05) is 45.3 Å². The Morgan fingerprint density at radius 2 is 1.30 bits per heavy atom. The lowest BCUT2D eigenvalue weighted by Gasteiger charge is -2.18. The van der Waals surface area contributed by atoms with Crippen molar-refractivity contribution in [1.82, 2.24) is 14.9 Å². The zero-order valence-corrected chi connectivity index (χ0v) is 16.5. The number of carbonyl (C=O) groups is 2. The summed E-state index contributed by atoms with van der Waals surface area (Å²) in [4.78, 5) is 34.5. The van der Waals surface area contributed by atoms with Crippen LogP contribution in [0.1, 0.15) is 24.5 Å². The van der Waals surface area contributed by atoms with Crippen LogP contribution in [0.5, 0.6) is 0 Å². The van der Waals surface area contributed by atoms with Crippen molar-refractivity contribution in [2.75, 3.05) is 6.54 Å². The normalized spacial score (nSPS) is 15.7. The minimum Gasteiger partial charge on any atom is -0.391 e. The number of aromatic nitrogens is 2. The second-order valence-corrected chi connectivity index (χ2v) is 7.53. The van der Waals surface area contributed by atoms with Gasteiger partial charge in [0.05, 0.1) is 23.8 Å². The average Bonchev–Trinajstić information content (AvgIpc) is 3.44. The number of H-pyrrole nitrogens is 2. The highest BCUT2D eigenvalue weighted by Gasteiger charge is 2.41. The molecule has 30 heavy (non-hydrogen) atoms. The van der Waals surface area contributed by atoms with E-state index in [1.165, 1.54) is 4.90 Å². The van der Waals surface area contributed by atoms with Gasteiger partial charge in [0.1, 0.15) is 0 Å². The monoisotopic (exact) mass is 399 g/mol. The zero-order chi connectivity index (χ0) is 20.8. The van der Waals surface area contributed by atoms with E-state index in [4.69, 9.17) is 0 Å². The molecule has 0 radical (unpaired) electrons. The maximum absolute atomic E-state index is 13.5. The maximum Gasteiger partial charge on any atom is 0.262 e. The summed E-state index contributed by atoms with van der Waals surface area (Å²) in [6.45, 7) is 1.80. The van der Waals surface area contributed by atoms with Gasteiger partial charge in [-0.15, -0.1) is 0 Å². The Kier molecular flexibility index (Phi) is 4.29. The van der Waals surface area contributed by atoms with E-state index in [9.17, 15) is 14.7 Å². The van der Waals surface area contributed by atoms with Crippen LogP contribution in [0.15, 0.2) is 60.9 Å². The summed E-state index contributed by atoms with van der Waals surface area (Å²) in [5.74, 6) is -0.755. The van der Waals surface area contributed by atoms with Crippen molar-refractivity contribution in [2.24, 2.45) is 0 Å². The Labute approximate surface area is 172 Å². The highest BCUT2D eigenvalue weighted by molar-refractivity contribution is 6.50. The van der Waals surface area contributed by atoms with Gasteiger partial charge in [0.2, 0.25) is 0 Å². The van der Waals surface area contributed by atoms with Crippen LogP contribution in [0.2, 0.25) is 0 Å². The van der Waals surface area contributed by atoms with E-state index in [-0.39, 0.29) is 18.4 Å². The first-order valence-electron chi connectivity index (χ1n) is 10.0. The van der Waals surface area contributed by atoms with Crippen LogP contribution >= 0.6 is 0 Å². The first-order chi connectivity index (χ1) is 14.6. The molecule has 0 spiro atoms. The van der Waals surface area contributed by atoms with Crippen LogP contribution in [0.4, 0.5) is 0 Å². The van der Waals surface area contributed by atoms with Gasteiger partial charge in [0.15, 0.2) is 0 Å². The molecule has 3 N–H and O–H groups in total. The SMILES string of the molecule is CCC(O)CN1C(=O)C(c2c[nH]c3ccccc23)=C(c2c[nH]c3ccccc23)C1=O.